The molecule has 0 bridgehead atoms. The maximum Gasteiger partial charge on any atom is 0.334 e. The first kappa shape index (κ1) is 11.6. The summed E-state index contributed by atoms with van der Waals surface area (Å²) in [5, 5.41) is 0. The van der Waals surface area contributed by atoms with Crippen LogP contribution in [0, 0.1) is 0 Å². The normalized spacial score (nSPS) is 24.8. The van der Waals surface area contributed by atoms with E-state index in [1.54, 1.807) is 4.72 Å². The molecule has 1 heterocycles. The lowest BCUT2D eigenvalue weighted by atomic mass is 10.1. The maximum absolute atomic E-state index is 11.3. The third-order valence-electron chi connectivity index (χ3n) is 1.89. The third kappa shape index (κ3) is 3.06. The van der Waals surface area contributed by atoms with Gasteiger partial charge in [0.1, 0.15) is 6.04 Å². The second-order valence-electron chi connectivity index (χ2n) is 2.92. The van der Waals surface area contributed by atoms with Crippen LogP contribution in [0.4, 0.5) is 0 Å². The molecule has 2 unspecified atom stereocenters. The summed E-state index contributed by atoms with van der Waals surface area (Å²) in [5.74, 6) is -0.543. The van der Waals surface area contributed by atoms with Crippen molar-refractivity contribution in [1.82, 2.24) is 9.39 Å². The summed E-state index contributed by atoms with van der Waals surface area (Å²) in [7, 11) is -5.76. The number of hydrogen-bond donors (Lipinski definition) is 2. The van der Waals surface area contributed by atoms with Crippen LogP contribution in [0.2, 0.25) is 0 Å². The van der Waals surface area contributed by atoms with Gasteiger partial charge < -0.3 is 4.57 Å². The first-order chi connectivity index (χ1) is 6.44. The molecular formula is C5H11N2O5PS. The van der Waals surface area contributed by atoms with Gasteiger partial charge in [-0.15, -0.1) is 0 Å². The number of rotatable bonds is 3. The largest absolute Gasteiger partial charge is 0.334 e. The summed E-state index contributed by atoms with van der Waals surface area (Å²) in [6, 6.07) is -0.986. The van der Waals surface area contributed by atoms with Crippen LogP contribution in [-0.4, -0.2) is 36.1 Å². The van der Waals surface area contributed by atoms with Crippen molar-refractivity contribution in [3.63, 3.8) is 0 Å². The second kappa shape index (κ2) is 4.39. The maximum atomic E-state index is 11.3. The lowest BCUT2D eigenvalue weighted by Crippen LogP contribution is -2.48. The van der Waals surface area contributed by atoms with Crippen molar-refractivity contribution in [2.45, 2.75) is 18.9 Å². The van der Waals surface area contributed by atoms with Gasteiger partial charge >= 0.3 is 10.3 Å². The van der Waals surface area contributed by atoms with E-state index in [9.17, 15) is 17.8 Å². The predicted molar refractivity (Wildman–Crippen MR) is 49.8 cm³/mol. The van der Waals surface area contributed by atoms with Crippen molar-refractivity contribution in [3.8, 4) is 0 Å². The molecular weight excluding hydrogens is 231 g/mol. The van der Waals surface area contributed by atoms with Gasteiger partial charge in [-0.1, -0.05) is 0 Å². The summed E-state index contributed by atoms with van der Waals surface area (Å²) >= 11 is 0. The van der Waals surface area contributed by atoms with Crippen LogP contribution >= 0.6 is 8.61 Å². The Kier molecular flexibility index (Phi) is 3.65. The summed E-state index contributed by atoms with van der Waals surface area (Å²) < 4.78 is 42.8. The first-order valence-corrected chi connectivity index (χ1v) is 6.37. The molecule has 1 saturated heterocycles. The van der Waals surface area contributed by atoms with E-state index in [1.807, 2.05) is 0 Å². The van der Waals surface area contributed by atoms with E-state index >= 15 is 0 Å². The average molecular weight is 242 g/mol. The number of nitrogens with one attached hydrogen (secondary N) is 1. The fourth-order valence-electron chi connectivity index (χ4n) is 1.29. The van der Waals surface area contributed by atoms with E-state index < -0.39 is 30.9 Å². The molecule has 0 spiro atoms. The molecule has 0 radical (unpaired) electrons. The Morgan fingerprint density at radius 3 is 2.71 bits per heavy atom. The zero-order valence-electron chi connectivity index (χ0n) is 7.21. The topological polar surface area (TPSA) is 104 Å². The molecule has 0 aliphatic carbocycles. The number of amides is 1. The molecule has 0 aromatic carbocycles. The van der Waals surface area contributed by atoms with Gasteiger partial charge in [0.15, 0.2) is 8.61 Å². The van der Waals surface area contributed by atoms with E-state index in [0.717, 1.165) is 4.67 Å². The molecule has 0 saturated carbocycles. The van der Waals surface area contributed by atoms with Crippen molar-refractivity contribution in [1.29, 1.82) is 0 Å². The SMILES string of the molecule is O=[PH2]N1CCCC(NS(=O)(=O)O)C1=O. The third-order valence-corrected chi connectivity index (χ3v) is 3.24. The lowest BCUT2D eigenvalue weighted by Gasteiger charge is -2.27. The van der Waals surface area contributed by atoms with Gasteiger partial charge in [0.2, 0.25) is 5.91 Å². The Balaban J connectivity index is 2.70. The van der Waals surface area contributed by atoms with Gasteiger partial charge in [-0.2, -0.15) is 13.1 Å². The van der Waals surface area contributed by atoms with Crippen LogP contribution in [0.5, 0.6) is 0 Å². The first-order valence-electron chi connectivity index (χ1n) is 3.94. The molecule has 1 amide bonds. The van der Waals surface area contributed by atoms with E-state index in [0.29, 0.717) is 19.4 Å². The highest BCUT2D eigenvalue weighted by atomic mass is 32.2. The van der Waals surface area contributed by atoms with E-state index in [-0.39, 0.29) is 0 Å². The predicted octanol–water partition coefficient (Wildman–Crippen LogP) is -0.959. The van der Waals surface area contributed by atoms with Crippen molar-refractivity contribution < 1.29 is 22.3 Å². The number of carbonyl (C=O) groups excluding carboxylic acids is 1. The molecule has 1 aliphatic heterocycles. The monoisotopic (exact) mass is 242 g/mol. The molecule has 0 aromatic heterocycles. The van der Waals surface area contributed by atoms with Crippen molar-refractivity contribution >= 4 is 24.8 Å². The van der Waals surface area contributed by atoms with Crippen LogP contribution in [0.25, 0.3) is 0 Å². The quantitative estimate of drug-likeness (QED) is 0.490. The molecule has 7 nitrogen and oxygen atoms in total. The van der Waals surface area contributed by atoms with Gasteiger partial charge in [0, 0.05) is 6.54 Å². The fourth-order valence-corrected chi connectivity index (χ4v) is 2.44. The van der Waals surface area contributed by atoms with Crippen molar-refractivity contribution in [2.75, 3.05) is 6.54 Å². The second-order valence-corrected chi connectivity index (χ2v) is 4.94. The van der Waals surface area contributed by atoms with E-state index in [4.69, 9.17) is 4.55 Å². The van der Waals surface area contributed by atoms with Crippen LogP contribution in [-0.2, 0) is 19.7 Å². The molecule has 1 aliphatic rings. The number of nitrogens with zero attached hydrogens (tertiary/aromatic N) is 1. The minimum Gasteiger partial charge on any atom is -0.307 e. The standard InChI is InChI=1S/C5H11N2O5PS/c8-5-4(6-14(10,11)12)2-1-3-7(5)13-9/h4,6H,1-3,13H2,(H,10,11,12). The smallest absolute Gasteiger partial charge is 0.307 e. The van der Waals surface area contributed by atoms with Crippen molar-refractivity contribution in [3.05, 3.63) is 0 Å². The van der Waals surface area contributed by atoms with Crippen molar-refractivity contribution in [2.24, 2.45) is 0 Å². The minimum absolute atomic E-state index is 0.314. The van der Waals surface area contributed by atoms with Crippen LogP contribution in [0.1, 0.15) is 12.8 Å². The summed E-state index contributed by atoms with van der Waals surface area (Å²) in [6.07, 6.45) is 0.878. The van der Waals surface area contributed by atoms with Gasteiger partial charge in [0.05, 0.1) is 0 Å². The van der Waals surface area contributed by atoms with E-state index in [2.05, 4.69) is 0 Å². The summed E-state index contributed by atoms with van der Waals surface area (Å²) in [5.41, 5.74) is 0. The Bertz CT molecular complexity index is 342. The fraction of sp³-hybridized carbons (Fsp3) is 0.800. The molecule has 2 atom stereocenters. The van der Waals surface area contributed by atoms with Gasteiger partial charge in [0.25, 0.3) is 0 Å². The highest BCUT2D eigenvalue weighted by Gasteiger charge is 2.30. The molecule has 9 heteroatoms. The molecule has 0 aromatic rings. The Morgan fingerprint density at radius 2 is 2.21 bits per heavy atom. The molecule has 82 valence electrons. The van der Waals surface area contributed by atoms with Crippen LogP contribution in [0.15, 0.2) is 0 Å². The Hall–Kier alpha value is -0.430. The Morgan fingerprint density at radius 1 is 1.57 bits per heavy atom. The summed E-state index contributed by atoms with van der Waals surface area (Å²) in [4.78, 5) is 11.3. The Labute approximate surface area is 82.6 Å². The van der Waals surface area contributed by atoms with E-state index in [1.165, 1.54) is 0 Å². The molecule has 2 N–H and O–H groups in total. The lowest BCUT2D eigenvalue weighted by molar-refractivity contribution is -0.130. The highest BCUT2D eigenvalue weighted by Crippen LogP contribution is 2.18. The number of carbonyl (C=O) groups is 1. The minimum atomic E-state index is -4.38. The number of piperidine rings is 1. The van der Waals surface area contributed by atoms with Crippen LogP contribution in [0.3, 0.4) is 0 Å². The van der Waals surface area contributed by atoms with Gasteiger partial charge in [-0.25, -0.2) is 0 Å². The molecule has 1 fully saturated rings. The number of hydrogen-bond acceptors (Lipinski definition) is 4. The molecule has 1 rings (SSSR count). The van der Waals surface area contributed by atoms with Crippen LogP contribution < -0.4 is 4.72 Å². The molecule has 14 heavy (non-hydrogen) atoms. The summed E-state index contributed by atoms with van der Waals surface area (Å²) in [6.45, 7) is 0.376. The average Bonchev–Trinajstić information content (AvgIpc) is 2.06. The van der Waals surface area contributed by atoms with Gasteiger partial charge in [-0.05, 0) is 12.8 Å². The highest BCUT2D eigenvalue weighted by molar-refractivity contribution is 7.83. The zero-order valence-corrected chi connectivity index (χ0v) is 9.18. The zero-order chi connectivity index (χ0) is 10.8. The van der Waals surface area contributed by atoms with Gasteiger partial charge in [-0.3, -0.25) is 14.0 Å².